The number of nitrogens with zero attached hydrogens (tertiary/aromatic N) is 6. The molecule has 0 bridgehead atoms. The minimum Gasteiger partial charge on any atom is -0.406 e. The number of hydrogen-bond acceptors (Lipinski definition) is 6. The normalized spacial score (nSPS) is 12.4. The van der Waals surface area contributed by atoms with Crippen LogP contribution < -0.4 is 9.54 Å². The van der Waals surface area contributed by atoms with Crippen LogP contribution in [0.2, 0.25) is 0 Å². The number of thiazole rings is 1. The Hall–Kier alpha value is -4.51. The fourth-order valence-corrected chi connectivity index (χ4v) is 4.89. The second-order valence-electron chi connectivity index (χ2n) is 8.76. The first-order chi connectivity index (χ1) is 18.7. The lowest BCUT2D eigenvalue weighted by Gasteiger charge is -2.12. The van der Waals surface area contributed by atoms with Crippen LogP contribution in [-0.2, 0) is 0 Å². The van der Waals surface area contributed by atoms with Gasteiger partial charge in [-0.1, -0.05) is 42.5 Å². The van der Waals surface area contributed by atoms with Crippen LogP contribution in [0, 0.1) is 20.8 Å². The summed E-state index contributed by atoms with van der Waals surface area (Å²) in [5.41, 5.74) is 6.73. The van der Waals surface area contributed by atoms with Crippen LogP contribution in [0.3, 0.4) is 0 Å². The number of aromatic nitrogens is 4. The molecule has 39 heavy (non-hydrogen) atoms. The van der Waals surface area contributed by atoms with Crippen molar-refractivity contribution in [3.05, 3.63) is 106 Å². The lowest BCUT2D eigenvalue weighted by molar-refractivity contribution is -0.274. The van der Waals surface area contributed by atoms with Gasteiger partial charge >= 0.3 is 6.36 Å². The Bertz CT molecular complexity index is 1680. The minimum atomic E-state index is -4.74. The molecule has 0 unspecified atom stereocenters. The molecule has 0 N–H and O–H groups in total. The predicted octanol–water partition coefficient (Wildman–Crippen LogP) is 6.55. The molecule has 0 atom stereocenters. The van der Waals surface area contributed by atoms with Crippen LogP contribution in [0.5, 0.6) is 5.75 Å². The third-order valence-electron chi connectivity index (χ3n) is 5.89. The van der Waals surface area contributed by atoms with Gasteiger partial charge in [-0.2, -0.15) is 5.10 Å². The van der Waals surface area contributed by atoms with Gasteiger partial charge in [0.05, 0.1) is 17.6 Å². The molecule has 0 fully saturated rings. The number of ether oxygens (including phenoxy) is 1. The number of rotatable bonds is 6. The zero-order chi connectivity index (χ0) is 27.6. The Morgan fingerprint density at radius 2 is 1.62 bits per heavy atom. The lowest BCUT2D eigenvalue weighted by Crippen LogP contribution is -2.17. The zero-order valence-electron chi connectivity index (χ0n) is 21.2. The molecular weight excluding hydrogens is 525 g/mol. The van der Waals surface area contributed by atoms with E-state index < -0.39 is 6.36 Å². The molecule has 0 aliphatic heterocycles. The molecule has 0 aliphatic carbocycles. The van der Waals surface area contributed by atoms with Crippen molar-refractivity contribution in [1.82, 2.24) is 19.3 Å². The fourth-order valence-electron chi connectivity index (χ4n) is 4.08. The van der Waals surface area contributed by atoms with Crippen LogP contribution in [-0.4, -0.2) is 31.9 Å². The number of aryl methyl sites for hydroxylation is 3. The molecule has 2 heterocycles. The molecule has 11 heteroatoms. The van der Waals surface area contributed by atoms with Gasteiger partial charge in [0.2, 0.25) is 4.80 Å². The van der Waals surface area contributed by atoms with E-state index in [2.05, 4.69) is 67.9 Å². The summed E-state index contributed by atoms with van der Waals surface area (Å²) in [7, 11) is 0. The number of halogens is 3. The smallest absolute Gasteiger partial charge is 0.406 e. The van der Waals surface area contributed by atoms with Crippen LogP contribution >= 0.6 is 11.3 Å². The first-order valence-electron chi connectivity index (χ1n) is 11.9. The highest BCUT2D eigenvalue weighted by atomic mass is 32.1. The highest BCUT2D eigenvalue weighted by molar-refractivity contribution is 7.07. The SMILES string of the molecule is Cc1cccc(C)c1-n1c(C)cs/c1=N/N=C\c1ccc(-c2ncn(-c3ccc(OC(F)(F)F)cc3)n2)cc1. The van der Waals surface area contributed by atoms with Crippen molar-refractivity contribution < 1.29 is 17.9 Å². The molecule has 0 saturated carbocycles. The third-order valence-corrected chi connectivity index (χ3v) is 6.82. The van der Waals surface area contributed by atoms with E-state index in [1.165, 1.54) is 57.7 Å². The first kappa shape index (κ1) is 26.1. The Kier molecular flexibility index (Phi) is 7.16. The van der Waals surface area contributed by atoms with E-state index in [1.807, 2.05) is 30.3 Å². The van der Waals surface area contributed by atoms with Gasteiger partial charge in [-0.05, 0) is 61.7 Å². The number of para-hydroxylation sites is 1. The van der Waals surface area contributed by atoms with Gasteiger partial charge in [-0.15, -0.1) is 34.7 Å². The number of benzene rings is 3. The van der Waals surface area contributed by atoms with Crippen LogP contribution in [0.1, 0.15) is 22.4 Å². The number of alkyl halides is 3. The Morgan fingerprint density at radius 1 is 0.923 bits per heavy atom. The van der Waals surface area contributed by atoms with E-state index in [-0.39, 0.29) is 5.75 Å². The van der Waals surface area contributed by atoms with Gasteiger partial charge in [0.1, 0.15) is 12.1 Å². The van der Waals surface area contributed by atoms with Crippen LogP contribution in [0.25, 0.3) is 22.8 Å². The maximum absolute atomic E-state index is 12.4. The van der Waals surface area contributed by atoms with E-state index in [1.54, 1.807) is 6.21 Å². The monoisotopic (exact) mass is 548 g/mol. The van der Waals surface area contributed by atoms with Crippen molar-refractivity contribution in [2.24, 2.45) is 10.2 Å². The molecule has 0 aliphatic rings. The molecule has 5 rings (SSSR count). The average Bonchev–Trinajstić information content (AvgIpc) is 3.52. The van der Waals surface area contributed by atoms with Crippen molar-refractivity contribution in [1.29, 1.82) is 0 Å². The van der Waals surface area contributed by atoms with Gasteiger partial charge < -0.3 is 4.74 Å². The largest absolute Gasteiger partial charge is 0.573 e. The van der Waals surface area contributed by atoms with E-state index in [0.29, 0.717) is 11.5 Å². The van der Waals surface area contributed by atoms with Gasteiger partial charge in [0.15, 0.2) is 5.82 Å². The van der Waals surface area contributed by atoms with E-state index in [9.17, 15) is 13.2 Å². The first-order valence-corrected chi connectivity index (χ1v) is 12.7. The highest BCUT2D eigenvalue weighted by Gasteiger charge is 2.31. The molecular formula is C28H23F3N6OS. The second kappa shape index (κ2) is 10.7. The Labute approximate surface area is 226 Å². The van der Waals surface area contributed by atoms with Crippen molar-refractivity contribution in [2.45, 2.75) is 27.1 Å². The Morgan fingerprint density at radius 3 is 2.28 bits per heavy atom. The molecule has 0 amide bonds. The lowest BCUT2D eigenvalue weighted by atomic mass is 10.1. The second-order valence-corrected chi connectivity index (χ2v) is 9.59. The number of hydrogen-bond donors (Lipinski definition) is 0. The maximum Gasteiger partial charge on any atom is 0.573 e. The summed E-state index contributed by atoms with van der Waals surface area (Å²) >= 11 is 1.53. The summed E-state index contributed by atoms with van der Waals surface area (Å²) in [6.45, 7) is 6.22. The maximum atomic E-state index is 12.4. The van der Waals surface area contributed by atoms with Gasteiger partial charge in [0.25, 0.3) is 0 Å². The predicted molar refractivity (Wildman–Crippen MR) is 144 cm³/mol. The summed E-state index contributed by atoms with van der Waals surface area (Å²) < 4.78 is 44.6. The average molecular weight is 549 g/mol. The summed E-state index contributed by atoms with van der Waals surface area (Å²) in [4.78, 5) is 5.10. The molecule has 7 nitrogen and oxygen atoms in total. The van der Waals surface area contributed by atoms with Crippen molar-refractivity contribution in [3.63, 3.8) is 0 Å². The summed E-state index contributed by atoms with van der Waals surface area (Å²) in [5, 5.41) is 15.3. The summed E-state index contributed by atoms with van der Waals surface area (Å²) in [5.74, 6) is 0.174. The van der Waals surface area contributed by atoms with Gasteiger partial charge in [-0.25, -0.2) is 9.67 Å². The van der Waals surface area contributed by atoms with E-state index in [0.717, 1.165) is 27.3 Å². The molecule has 198 valence electrons. The van der Waals surface area contributed by atoms with Gasteiger partial charge in [-0.3, -0.25) is 4.57 Å². The third kappa shape index (κ3) is 5.99. The van der Waals surface area contributed by atoms with E-state index >= 15 is 0 Å². The Balaban J connectivity index is 1.31. The van der Waals surface area contributed by atoms with Crippen LogP contribution in [0.4, 0.5) is 13.2 Å². The van der Waals surface area contributed by atoms with Gasteiger partial charge in [0, 0.05) is 16.6 Å². The molecule has 0 spiro atoms. The quantitative estimate of drug-likeness (QED) is 0.179. The van der Waals surface area contributed by atoms with Crippen LogP contribution in [0.15, 0.2) is 88.6 Å². The van der Waals surface area contributed by atoms with Crippen molar-refractivity contribution >= 4 is 17.6 Å². The molecule has 0 radical (unpaired) electrons. The fraction of sp³-hybridized carbons (Fsp3) is 0.143. The standard InChI is InChI=1S/C28H23F3N6OS/c1-18-5-4-6-19(2)25(18)37-20(3)16-39-27(37)34-33-15-21-7-9-22(10-8-21)26-32-17-36(35-26)23-11-13-24(14-12-23)38-28(29,30)31/h4-17H,1-3H3/b33-15-,34-27+. The molecule has 5 aromatic rings. The molecule has 0 saturated heterocycles. The van der Waals surface area contributed by atoms with Crippen molar-refractivity contribution in [3.8, 4) is 28.5 Å². The summed E-state index contributed by atoms with van der Waals surface area (Å²) in [6, 6.07) is 19.1. The zero-order valence-corrected chi connectivity index (χ0v) is 22.0. The van der Waals surface area contributed by atoms with Crippen molar-refractivity contribution in [2.75, 3.05) is 0 Å². The molecule has 3 aromatic carbocycles. The van der Waals surface area contributed by atoms with E-state index in [4.69, 9.17) is 0 Å². The summed E-state index contributed by atoms with van der Waals surface area (Å²) in [6.07, 6.45) is -1.56. The minimum absolute atomic E-state index is 0.301. The topological polar surface area (TPSA) is 69.6 Å². The highest BCUT2D eigenvalue weighted by Crippen LogP contribution is 2.24. The molecule has 2 aromatic heterocycles.